The summed E-state index contributed by atoms with van der Waals surface area (Å²) in [6.45, 7) is 2.38. The number of rotatable bonds is 6. The van der Waals surface area contributed by atoms with Crippen molar-refractivity contribution in [1.82, 2.24) is 19.9 Å². The fraction of sp³-hybridized carbons (Fsp3) is 0.300. The van der Waals surface area contributed by atoms with Crippen LogP contribution in [0.2, 0.25) is 0 Å². The number of pyridine rings is 2. The molecule has 2 atom stereocenters. The van der Waals surface area contributed by atoms with Gasteiger partial charge >= 0.3 is 0 Å². The molecule has 138 valence electrons. The van der Waals surface area contributed by atoms with E-state index in [0.717, 1.165) is 29.0 Å². The van der Waals surface area contributed by atoms with Crippen LogP contribution in [0.4, 0.5) is 0 Å². The average molecular weight is 364 g/mol. The Hall–Kier alpha value is -3.22. The van der Waals surface area contributed by atoms with E-state index < -0.39 is 0 Å². The molecule has 0 aliphatic heterocycles. The van der Waals surface area contributed by atoms with Crippen molar-refractivity contribution in [1.29, 1.82) is 0 Å². The zero-order chi connectivity index (χ0) is 18.8. The van der Waals surface area contributed by atoms with E-state index in [2.05, 4.69) is 19.9 Å². The zero-order valence-electron chi connectivity index (χ0n) is 15.2. The lowest BCUT2D eigenvalue weighted by Crippen LogP contribution is -2.07. The van der Waals surface area contributed by atoms with Gasteiger partial charge < -0.3 is 14.5 Å². The lowest BCUT2D eigenvalue weighted by molar-refractivity contribution is 0.285. The molecule has 0 aromatic carbocycles. The van der Waals surface area contributed by atoms with E-state index in [1.807, 2.05) is 19.1 Å². The Kier molecular flexibility index (Phi) is 4.58. The van der Waals surface area contributed by atoms with Crippen LogP contribution >= 0.6 is 0 Å². The van der Waals surface area contributed by atoms with Crippen LogP contribution in [-0.2, 0) is 0 Å². The first-order chi connectivity index (χ1) is 13.1. The second kappa shape index (κ2) is 7.19. The van der Waals surface area contributed by atoms with Crippen LogP contribution in [0, 0.1) is 12.8 Å². The third-order valence-corrected chi connectivity index (χ3v) is 4.70. The second-order valence-corrected chi connectivity index (χ2v) is 6.61. The molecule has 3 heterocycles. The van der Waals surface area contributed by atoms with Crippen molar-refractivity contribution in [2.75, 3.05) is 13.7 Å². The summed E-state index contributed by atoms with van der Waals surface area (Å²) in [6.07, 6.45) is 6.15. The van der Waals surface area contributed by atoms with Crippen LogP contribution < -0.4 is 15.0 Å². The number of hydrogen-bond donors (Lipinski definition) is 1. The van der Waals surface area contributed by atoms with Crippen molar-refractivity contribution in [3.8, 4) is 22.8 Å². The fourth-order valence-electron chi connectivity index (χ4n) is 3.05. The number of aromatic amines is 1. The molecule has 1 fully saturated rings. The molecule has 7 nitrogen and oxygen atoms in total. The number of aromatic nitrogens is 4. The highest BCUT2D eigenvalue weighted by Crippen LogP contribution is 2.47. The SMILES string of the molecule is COc1ccc(C2CC2COc2nc(C)ncc2-c2ccc(=O)[nH]c2)nc1. The van der Waals surface area contributed by atoms with Gasteiger partial charge in [0, 0.05) is 41.6 Å². The van der Waals surface area contributed by atoms with E-state index in [1.165, 1.54) is 6.07 Å². The first-order valence-electron chi connectivity index (χ1n) is 8.79. The number of hydrogen-bond acceptors (Lipinski definition) is 6. The molecule has 3 aromatic rings. The Morgan fingerprint density at radius 1 is 1.19 bits per heavy atom. The highest BCUT2D eigenvalue weighted by atomic mass is 16.5. The third kappa shape index (κ3) is 3.81. The van der Waals surface area contributed by atoms with Crippen molar-refractivity contribution < 1.29 is 9.47 Å². The first kappa shape index (κ1) is 17.2. The van der Waals surface area contributed by atoms with E-state index >= 15 is 0 Å². The summed E-state index contributed by atoms with van der Waals surface area (Å²) < 4.78 is 11.2. The average Bonchev–Trinajstić information content (AvgIpc) is 3.47. The number of ether oxygens (including phenoxy) is 2. The lowest BCUT2D eigenvalue weighted by atomic mass is 10.1. The fourth-order valence-corrected chi connectivity index (χ4v) is 3.05. The summed E-state index contributed by atoms with van der Waals surface area (Å²) in [4.78, 5) is 27.1. The van der Waals surface area contributed by atoms with E-state index in [0.29, 0.717) is 30.1 Å². The van der Waals surface area contributed by atoms with Gasteiger partial charge in [0.2, 0.25) is 11.4 Å². The molecule has 27 heavy (non-hydrogen) atoms. The summed E-state index contributed by atoms with van der Waals surface area (Å²) in [5.41, 5.74) is 2.48. The summed E-state index contributed by atoms with van der Waals surface area (Å²) in [5, 5.41) is 0. The monoisotopic (exact) mass is 364 g/mol. The predicted octanol–water partition coefficient (Wildman–Crippen LogP) is 2.73. The second-order valence-electron chi connectivity index (χ2n) is 6.61. The number of nitrogens with one attached hydrogen (secondary N) is 1. The first-order valence-corrected chi connectivity index (χ1v) is 8.79. The molecular formula is C20H20N4O3. The smallest absolute Gasteiger partial charge is 0.247 e. The van der Waals surface area contributed by atoms with Crippen LogP contribution in [0.5, 0.6) is 11.6 Å². The Balaban J connectivity index is 1.46. The Bertz CT molecular complexity index is 980. The molecule has 0 radical (unpaired) electrons. The van der Waals surface area contributed by atoms with Gasteiger partial charge in [0.1, 0.15) is 11.6 Å². The van der Waals surface area contributed by atoms with Gasteiger partial charge in [-0.2, -0.15) is 4.98 Å². The number of aryl methyl sites for hydroxylation is 1. The van der Waals surface area contributed by atoms with Crippen molar-refractivity contribution >= 4 is 0 Å². The summed E-state index contributed by atoms with van der Waals surface area (Å²) in [7, 11) is 1.63. The minimum Gasteiger partial charge on any atom is -0.495 e. The summed E-state index contributed by atoms with van der Waals surface area (Å²) in [6, 6.07) is 7.15. The molecule has 3 aromatic heterocycles. The Morgan fingerprint density at radius 3 is 2.78 bits per heavy atom. The molecule has 7 heteroatoms. The van der Waals surface area contributed by atoms with Crippen molar-refractivity contribution in [3.63, 3.8) is 0 Å². The molecule has 1 N–H and O–H groups in total. The standard InChI is InChI=1S/C20H20N4O3/c1-12-21-10-17(13-3-6-19(25)23-8-13)20(24-12)27-11-14-7-16(14)18-5-4-15(26-2)9-22-18/h3-6,8-10,14,16H,7,11H2,1-2H3,(H,23,25). The normalized spacial score (nSPS) is 18.1. The summed E-state index contributed by atoms with van der Waals surface area (Å²) in [5.74, 6) is 2.74. The van der Waals surface area contributed by atoms with E-state index in [-0.39, 0.29) is 5.56 Å². The van der Waals surface area contributed by atoms with Crippen molar-refractivity contribution in [2.24, 2.45) is 5.92 Å². The highest BCUT2D eigenvalue weighted by molar-refractivity contribution is 5.66. The maximum atomic E-state index is 11.3. The van der Waals surface area contributed by atoms with E-state index in [1.54, 1.807) is 31.8 Å². The number of H-pyrrole nitrogens is 1. The molecule has 1 aliphatic carbocycles. The zero-order valence-corrected chi connectivity index (χ0v) is 15.2. The maximum Gasteiger partial charge on any atom is 0.247 e. The van der Waals surface area contributed by atoms with Gasteiger partial charge in [0.25, 0.3) is 0 Å². The van der Waals surface area contributed by atoms with E-state index in [9.17, 15) is 4.79 Å². The number of nitrogens with zero attached hydrogens (tertiary/aromatic N) is 3. The van der Waals surface area contributed by atoms with Crippen LogP contribution in [0.3, 0.4) is 0 Å². The van der Waals surface area contributed by atoms with Crippen LogP contribution in [-0.4, -0.2) is 33.7 Å². The van der Waals surface area contributed by atoms with Gasteiger partial charge in [0.05, 0.1) is 25.5 Å². The molecule has 0 bridgehead atoms. The van der Waals surface area contributed by atoms with Crippen LogP contribution in [0.25, 0.3) is 11.1 Å². The Morgan fingerprint density at radius 2 is 2.07 bits per heavy atom. The molecule has 4 rings (SSSR count). The van der Waals surface area contributed by atoms with E-state index in [4.69, 9.17) is 9.47 Å². The molecule has 2 unspecified atom stereocenters. The minimum absolute atomic E-state index is 0.151. The molecular weight excluding hydrogens is 344 g/mol. The van der Waals surface area contributed by atoms with Gasteiger partial charge in [-0.1, -0.05) is 0 Å². The van der Waals surface area contributed by atoms with Gasteiger partial charge in [0.15, 0.2) is 0 Å². The molecule has 0 spiro atoms. The van der Waals surface area contributed by atoms with Crippen molar-refractivity contribution in [3.05, 3.63) is 64.7 Å². The molecule has 1 saturated carbocycles. The van der Waals surface area contributed by atoms with Crippen LogP contribution in [0.1, 0.15) is 23.9 Å². The highest BCUT2D eigenvalue weighted by Gasteiger charge is 2.40. The molecule has 1 aliphatic rings. The van der Waals surface area contributed by atoms with Gasteiger partial charge in [-0.3, -0.25) is 9.78 Å². The lowest BCUT2D eigenvalue weighted by Gasteiger charge is -2.11. The third-order valence-electron chi connectivity index (χ3n) is 4.70. The summed E-state index contributed by atoms with van der Waals surface area (Å²) >= 11 is 0. The maximum absolute atomic E-state index is 11.3. The Labute approximate surface area is 156 Å². The molecule has 0 saturated heterocycles. The van der Waals surface area contributed by atoms with Crippen LogP contribution in [0.15, 0.2) is 47.7 Å². The minimum atomic E-state index is -0.151. The van der Waals surface area contributed by atoms with Gasteiger partial charge in [-0.25, -0.2) is 4.98 Å². The number of methoxy groups -OCH3 is 1. The molecule has 0 amide bonds. The van der Waals surface area contributed by atoms with Gasteiger partial charge in [-0.05, 0) is 31.5 Å². The predicted molar refractivity (Wildman–Crippen MR) is 100.0 cm³/mol. The van der Waals surface area contributed by atoms with Crippen molar-refractivity contribution in [2.45, 2.75) is 19.3 Å². The van der Waals surface area contributed by atoms with Gasteiger partial charge in [-0.15, -0.1) is 0 Å². The topological polar surface area (TPSA) is 90.0 Å². The largest absolute Gasteiger partial charge is 0.495 e. The quantitative estimate of drug-likeness (QED) is 0.723.